The summed E-state index contributed by atoms with van der Waals surface area (Å²) in [4.78, 5) is -0.361. The van der Waals surface area contributed by atoms with Crippen molar-refractivity contribution in [3.05, 3.63) is 99.3 Å². The quantitative estimate of drug-likeness (QED) is 0.192. The van der Waals surface area contributed by atoms with Crippen molar-refractivity contribution < 1.29 is 52.7 Å². The minimum Gasteiger partial charge on any atom is -0.349 e. The molecule has 39 heavy (non-hydrogen) atoms. The van der Waals surface area contributed by atoms with Gasteiger partial charge in [-0.25, -0.2) is 21.6 Å². The van der Waals surface area contributed by atoms with Crippen LogP contribution in [0.4, 0.5) is 39.5 Å². The Labute approximate surface area is 225 Å². The number of halogens is 10. The second-order valence-corrected chi connectivity index (χ2v) is 12.2. The summed E-state index contributed by atoms with van der Waals surface area (Å²) in [5, 5.41) is 0. The van der Waals surface area contributed by atoms with Crippen molar-refractivity contribution >= 4 is 25.8 Å². The van der Waals surface area contributed by atoms with Gasteiger partial charge in [0.25, 0.3) is 5.60 Å². The van der Waals surface area contributed by atoms with E-state index in [2.05, 4.69) is 20.7 Å². The summed E-state index contributed by atoms with van der Waals surface area (Å²) in [7, 11) is -4.35. The first-order valence-electron chi connectivity index (χ1n) is 10.8. The maximum atomic E-state index is 14.1. The molecule has 0 saturated carbocycles. The number of rotatable bonds is 7. The first-order chi connectivity index (χ1) is 17.8. The molecule has 212 valence electrons. The Morgan fingerprint density at radius 2 is 1.23 bits per heavy atom. The molecule has 0 unspecified atom stereocenters. The van der Waals surface area contributed by atoms with E-state index < -0.39 is 67.7 Å². The van der Waals surface area contributed by atoms with Gasteiger partial charge in [0.2, 0.25) is 0 Å². The fourth-order valence-corrected chi connectivity index (χ4v) is 5.87. The summed E-state index contributed by atoms with van der Waals surface area (Å²) < 4.78 is 155. The Balaban J connectivity index is 2.11. The molecule has 0 aromatic heterocycles. The summed E-state index contributed by atoms with van der Waals surface area (Å²) in [5.41, 5.74) is -7.87. The van der Waals surface area contributed by atoms with Gasteiger partial charge in [0, 0.05) is 11.1 Å². The standard InChI is InChI=1S/C25H18BrF9O3S/c1-22(2,39(36,37)16-10-11-21(29)18(26)12-16)14-6-8-15(9-7-14)23(24(30,31)32,25(33,34)35)38-13-17-19(27)4-3-5-20(17)28/h3-12H,13H2,1-2H3. The van der Waals surface area contributed by atoms with Crippen LogP contribution in [0, 0.1) is 17.5 Å². The topological polar surface area (TPSA) is 43.4 Å². The molecule has 0 heterocycles. The van der Waals surface area contributed by atoms with Crippen LogP contribution in [0.1, 0.15) is 30.5 Å². The molecule has 0 spiro atoms. The lowest BCUT2D eigenvalue weighted by Crippen LogP contribution is -2.56. The predicted octanol–water partition coefficient (Wildman–Crippen LogP) is 8.11. The van der Waals surface area contributed by atoms with Crippen molar-refractivity contribution in [1.82, 2.24) is 0 Å². The molecule has 3 aromatic carbocycles. The van der Waals surface area contributed by atoms with Crippen LogP contribution in [0.25, 0.3) is 0 Å². The van der Waals surface area contributed by atoms with Crippen molar-refractivity contribution in [3.8, 4) is 0 Å². The van der Waals surface area contributed by atoms with Crippen molar-refractivity contribution in [2.24, 2.45) is 0 Å². The zero-order valence-corrected chi connectivity index (χ0v) is 22.3. The lowest BCUT2D eigenvalue weighted by atomic mass is 9.89. The highest BCUT2D eigenvalue weighted by Crippen LogP contribution is 2.53. The van der Waals surface area contributed by atoms with Crippen molar-refractivity contribution in [3.63, 3.8) is 0 Å². The third-order valence-corrected chi connectivity index (χ3v) is 9.21. The van der Waals surface area contributed by atoms with Crippen LogP contribution in [0.5, 0.6) is 0 Å². The van der Waals surface area contributed by atoms with Gasteiger partial charge in [0.1, 0.15) is 17.5 Å². The smallest absolute Gasteiger partial charge is 0.349 e. The van der Waals surface area contributed by atoms with Crippen LogP contribution >= 0.6 is 15.9 Å². The van der Waals surface area contributed by atoms with Crippen LogP contribution in [-0.2, 0) is 31.5 Å². The molecule has 0 aliphatic heterocycles. The molecule has 0 radical (unpaired) electrons. The maximum Gasteiger partial charge on any atom is 0.430 e. The summed E-state index contributed by atoms with van der Waals surface area (Å²) >= 11 is 2.86. The highest BCUT2D eigenvalue weighted by atomic mass is 79.9. The Kier molecular flexibility index (Phi) is 8.28. The van der Waals surface area contributed by atoms with Crippen LogP contribution < -0.4 is 0 Å². The highest BCUT2D eigenvalue weighted by molar-refractivity contribution is 9.10. The number of alkyl halides is 6. The van der Waals surface area contributed by atoms with Crippen LogP contribution in [0.3, 0.4) is 0 Å². The molecule has 0 aliphatic carbocycles. The van der Waals surface area contributed by atoms with Gasteiger partial charge in [-0.15, -0.1) is 0 Å². The molecule has 0 fully saturated rings. The van der Waals surface area contributed by atoms with Crippen molar-refractivity contribution in [2.45, 2.75) is 48.1 Å². The van der Waals surface area contributed by atoms with E-state index in [0.29, 0.717) is 24.3 Å². The Hall–Kier alpha value is -2.58. The summed E-state index contributed by atoms with van der Waals surface area (Å²) in [6.07, 6.45) is -12.3. The van der Waals surface area contributed by atoms with Crippen LogP contribution in [0.2, 0.25) is 0 Å². The number of benzene rings is 3. The SMILES string of the molecule is CC(C)(c1ccc(C(OCc2c(F)cccc2F)(C(F)(F)F)C(F)(F)F)cc1)S(=O)(=O)c1ccc(F)c(Br)c1. The molecular weight excluding hydrogens is 631 g/mol. The van der Waals surface area contributed by atoms with E-state index in [1.165, 1.54) is 0 Å². The van der Waals surface area contributed by atoms with Crippen LogP contribution in [-0.4, -0.2) is 20.8 Å². The first kappa shape index (κ1) is 31.0. The Morgan fingerprint density at radius 1 is 0.744 bits per heavy atom. The number of hydrogen-bond acceptors (Lipinski definition) is 3. The zero-order valence-electron chi connectivity index (χ0n) is 19.9. The Morgan fingerprint density at radius 3 is 1.69 bits per heavy atom. The van der Waals surface area contributed by atoms with Gasteiger partial charge in [0.15, 0.2) is 9.84 Å². The van der Waals surface area contributed by atoms with Crippen molar-refractivity contribution in [2.75, 3.05) is 0 Å². The average molecular weight is 649 g/mol. The zero-order chi connectivity index (χ0) is 29.6. The molecule has 0 aliphatic rings. The third-order valence-electron chi connectivity index (χ3n) is 6.15. The number of sulfone groups is 1. The van der Waals surface area contributed by atoms with E-state index in [9.17, 15) is 47.9 Å². The lowest BCUT2D eigenvalue weighted by Gasteiger charge is -2.38. The largest absolute Gasteiger partial charge is 0.430 e. The van der Waals surface area contributed by atoms with E-state index in [1.807, 2.05) is 0 Å². The first-order valence-corrected chi connectivity index (χ1v) is 13.1. The van der Waals surface area contributed by atoms with Gasteiger partial charge >= 0.3 is 12.4 Å². The van der Waals surface area contributed by atoms with Gasteiger partial charge in [0.05, 0.1) is 20.7 Å². The fourth-order valence-electron chi connectivity index (χ4n) is 3.79. The van der Waals surface area contributed by atoms with Crippen molar-refractivity contribution in [1.29, 1.82) is 0 Å². The van der Waals surface area contributed by atoms with Gasteiger partial charge in [-0.2, -0.15) is 26.3 Å². The highest BCUT2D eigenvalue weighted by Gasteiger charge is 2.73. The molecular formula is C25H18BrF9O3S. The lowest BCUT2D eigenvalue weighted by molar-refractivity contribution is -0.392. The Bertz CT molecular complexity index is 1430. The molecule has 0 saturated heterocycles. The molecule has 0 N–H and O–H groups in total. The van der Waals surface area contributed by atoms with Gasteiger partial charge < -0.3 is 4.74 Å². The number of ether oxygens (including phenoxy) is 1. The minimum atomic E-state index is -6.16. The summed E-state index contributed by atoms with van der Waals surface area (Å²) in [5.74, 6) is -3.59. The molecule has 0 atom stereocenters. The average Bonchev–Trinajstić information content (AvgIpc) is 2.81. The van der Waals surface area contributed by atoms with Crippen LogP contribution in [0.15, 0.2) is 70.0 Å². The normalized spacial score (nSPS) is 13.5. The van der Waals surface area contributed by atoms with E-state index in [1.54, 1.807) is 0 Å². The molecule has 3 rings (SSSR count). The third kappa shape index (κ3) is 5.42. The fraction of sp³-hybridized carbons (Fsp3) is 0.280. The minimum absolute atomic E-state index is 0.182. The summed E-state index contributed by atoms with van der Waals surface area (Å²) in [6.45, 7) is 0.595. The molecule has 3 nitrogen and oxygen atoms in total. The monoisotopic (exact) mass is 648 g/mol. The second kappa shape index (κ2) is 10.4. The van der Waals surface area contributed by atoms with Gasteiger partial charge in [-0.3, -0.25) is 0 Å². The predicted molar refractivity (Wildman–Crippen MR) is 126 cm³/mol. The maximum absolute atomic E-state index is 14.1. The molecule has 0 bridgehead atoms. The molecule has 0 amide bonds. The number of hydrogen-bond donors (Lipinski definition) is 0. The van der Waals surface area contributed by atoms with Gasteiger partial charge in [-0.1, -0.05) is 30.3 Å². The van der Waals surface area contributed by atoms with E-state index >= 15 is 0 Å². The van der Waals surface area contributed by atoms with E-state index in [4.69, 9.17) is 0 Å². The second-order valence-electron chi connectivity index (χ2n) is 8.83. The van der Waals surface area contributed by atoms with E-state index in [-0.39, 0.29) is 14.9 Å². The van der Waals surface area contributed by atoms with Gasteiger partial charge in [-0.05, 0) is 65.7 Å². The molecule has 3 aromatic rings. The van der Waals surface area contributed by atoms with E-state index in [0.717, 1.165) is 50.2 Å². The summed E-state index contributed by atoms with van der Waals surface area (Å²) in [6, 6.07) is 7.19. The molecule has 14 heteroatoms.